The number of nitrogens with zero attached hydrogens (tertiary/aromatic N) is 3. The lowest BCUT2D eigenvalue weighted by atomic mass is 9.82. The maximum Gasteiger partial charge on any atom is 0.258 e. The molecule has 0 amide bonds. The van der Waals surface area contributed by atoms with Crippen molar-refractivity contribution in [3.8, 4) is 17.2 Å². The molecule has 0 spiro atoms. The molecular weight excluding hydrogens is 370 g/mol. The molecule has 0 N–H and O–H groups in total. The molecule has 2 aromatic carbocycles. The number of nitriles is 1. The van der Waals surface area contributed by atoms with Crippen molar-refractivity contribution in [1.82, 2.24) is 9.47 Å². The molecule has 1 saturated heterocycles. The molecule has 3 aromatic rings. The molecule has 2 atom stereocenters. The number of benzene rings is 2. The van der Waals surface area contributed by atoms with Gasteiger partial charge in [0.1, 0.15) is 0 Å². The number of hydrogen-bond acceptors (Lipinski definition) is 3. The molecule has 5 rings (SSSR count). The number of fused-ring (bicyclic) bond motifs is 4. The minimum Gasteiger partial charge on any atom is -0.311 e. The van der Waals surface area contributed by atoms with E-state index in [9.17, 15) is 4.79 Å². The molecular formula is C26H25N3O. The molecule has 2 aliphatic heterocycles. The molecule has 1 aromatic heterocycles. The first-order valence-corrected chi connectivity index (χ1v) is 10.6. The molecule has 0 saturated carbocycles. The van der Waals surface area contributed by atoms with Gasteiger partial charge in [0.05, 0.1) is 11.6 Å². The van der Waals surface area contributed by atoms with Crippen molar-refractivity contribution < 1.29 is 0 Å². The van der Waals surface area contributed by atoms with Gasteiger partial charge in [0.15, 0.2) is 0 Å². The summed E-state index contributed by atoms with van der Waals surface area (Å²) in [5, 5.41) is 9.16. The van der Waals surface area contributed by atoms with E-state index in [2.05, 4.69) is 36.1 Å². The second kappa shape index (κ2) is 7.59. The Morgan fingerprint density at radius 3 is 2.70 bits per heavy atom. The van der Waals surface area contributed by atoms with Crippen LogP contribution in [0.4, 0.5) is 0 Å². The largest absolute Gasteiger partial charge is 0.311 e. The molecule has 150 valence electrons. The highest BCUT2D eigenvalue weighted by atomic mass is 16.1. The fraction of sp³-hybridized carbons (Fsp3) is 0.308. The lowest BCUT2D eigenvalue weighted by molar-refractivity contribution is 0.114. The Morgan fingerprint density at radius 1 is 1.00 bits per heavy atom. The summed E-state index contributed by atoms with van der Waals surface area (Å²) in [5.74, 6) is 0.871. The molecule has 30 heavy (non-hydrogen) atoms. The van der Waals surface area contributed by atoms with Crippen LogP contribution in [0.1, 0.15) is 34.7 Å². The van der Waals surface area contributed by atoms with Crippen molar-refractivity contribution in [2.75, 3.05) is 13.1 Å². The van der Waals surface area contributed by atoms with Crippen LogP contribution < -0.4 is 5.56 Å². The van der Waals surface area contributed by atoms with Gasteiger partial charge >= 0.3 is 0 Å². The standard InChI is InChI=1S/C26H25N3O/c1-18-5-2-3-8-23(18)24-9-10-25-22-12-21(16-29(25)26(24)30)15-28(17-22)14-20-7-4-6-19(11-20)13-27/h2-11,21-22H,12,14-17H2,1H3. The number of pyridine rings is 1. The Balaban J connectivity index is 1.43. The molecule has 4 nitrogen and oxygen atoms in total. The van der Waals surface area contributed by atoms with Crippen molar-refractivity contribution in [3.63, 3.8) is 0 Å². The summed E-state index contributed by atoms with van der Waals surface area (Å²) >= 11 is 0. The summed E-state index contributed by atoms with van der Waals surface area (Å²) in [7, 11) is 0. The van der Waals surface area contributed by atoms with E-state index in [4.69, 9.17) is 5.26 Å². The van der Waals surface area contributed by atoms with E-state index in [-0.39, 0.29) is 5.56 Å². The fourth-order valence-corrected chi connectivity index (χ4v) is 5.25. The van der Waals surface area contributed by atoms with E-state index in [0.717, 1.165) is 49.3 Å². The highest BCUT2D eigenvalue weighted by molar-refractivity contribution is 5.66. The third-order valence-electron chi connectivity index (χ3n) is 6.58. The SMILES string of the molecule is Cc1ccccc1-c1ccc2n(c1=O)CC1CC2CN(Cc2cccc(C#N)c2)C1. The van der Waals surface area contributed by atoms with Gasteiger partial charge in [-0.15, -0.1) is 0 Å². The van der Waals surface area contributed by atoms with Gasteiger partial charge in [-0.25, -0.2) is 0 Å². The van der Waals surface area contributed by atoms with Crippen LogP contribution in [0.5, 0.6) is 0 Å². The zero-order valence-electron chi connectivity index (χ0n) is 17.2. The van der Waals surface area contributed by atoms with Gasteiger partial charge in [0.2, 0.25) is 0 Å². The Morgan fingerprint density at radius 2 is 1.87 bits per heavy atom. The van der Waals surface area contributed by atoms with E-state index >= 15 is 0 Å². The number of aromatic nitrogens is 1. The molecule has 0 radical (unpaired) electrons. The number of likely N-dealkylation sites (tertiary alicyclic amines) is 1. The second-order valence-corrected chi connectivity index (χ2v) is 8.71. The van der Waals surface area contributed by atoms with Crippen LogP contribution in [0, 0.1) is 24.2 Å². The molecule has 3 heterocycles. The first-order chi connectivity index (χ1) is 14.6. The normalized spacial score (nSPS) is 20.4. The van der Waals surface area contributed by atoms with E-state index in [1.54, 1.807) is 0 Å². The lowest BCUT2D eigenvalue weighted by Gasteiger charge is -2.43. The zero-order valence-corrected chi connectivity index (χ0v) is 17.2. The van der Waals surface area contributed by atoms with Gasteiger partial charge in [-0.2, -0.15) is 5.26 Å². The topological polar surface area (TPSA) is 49.0 Å². The van der Waals surface area contributed by atoms with E-state index in [1.807, 2.05) is 47.0 Å². The summed E-state index contributed by atoms with van der Waals surface area (Å²) < 4.78 is 2.04. The quantitative estimate of drug-likeness (QED) is 0.664. The molecule has 2 unspecified atom stereocenters. The average Bonchev–Trinajstić information content (AvgIpc) is 2.75. The summed E-state index contributed by atoms with van der Waals surface area (Å²) in [6.45, 7) is 5.66. The summed E-state index contributed by atoms with van der Waals surface area (Å²) in [5.41, 5.74) is 6.19. The molecule has 4 heteroatoms. The molecule has 1 fully saturated rings. The Bertz CT molecular complexity index is 1200. The number of aryl methyl sites for hydroxylation is 1. The maximum atomic E-state index is 13.4. The smallest absolute Gasteiger partial charge is 0.258 e. The van der Waals surface area contributed by atoms with Crippen molar-refractivity contribution in [3.05, 3.63) is 93.4 Å². The third kappa shape index (κ3) is 3.36. The van der Waals surface area contributed by atoms with Gasteiger partial charge < -0.3 is 4.57 Å². The summed E-state index contributed by atoms with van der Waals surface area (Å²) in [6, 6.07) is 22.4. The van der Waals surface area contributed by atoms with Gasteiger partial charge in [-0.1, -0.05) is 36.4 Å². The summed E-state index contributed by atoms with van der Waals surface area (Å²) in [4.78, 5) is 15.8. The summed E-state index contributed by atoms with van der Waals surface area (Å²) in [6.07, 6.45) is 1.15. The van der Waals surface area contributed by atoms with Crippen LogP contribution in [0.15, 0.2) is 65.5 Å². The minimum absolute atomic E-state index is 0.145. The first kappa shape index (κ1) is 18.8. The predicted molar refractivity (Wildman–Crippen MR) is 118 cm³/mol. The van der Waals surface area contributed by atoms with E-state index < -0.39 is 0 Å². The Hall–Kier alpha value is -3.16. The number of rotatable bonds is 3. The van der Waals surface area contributed by atoms with Crippen LogP contribution in [0.3, 0.4) is 0 Å². The highest BCUT2D eigenvalue weighted by Gasteiger charge is 2.35. The highest BCUT2D eigenvalue weighted by Crippen LogP contribution is 2.36. The minimum atomic E-state index is 0.145. The third-order valence-corrected chi connectivity index (χ3v) is 6.58. The van der Waals surface area contributed by atoms with E-state index in [1.165, 1.54) is 11.3 Å². The Labute approximate surface area is 177 Å². The first-order valence-electron chi connectivity index (χ1n) is 10.6. The zero-order chi connectivity index (χ0) is 20.7. The van der Waals surface area contributed by atoms with Crippen LogP contribution in [-0.2, 0) is 13.1 Å². The van der Waals surface area contributed by atoms with E-state index in [0.29, 0.717) is 17.4 Å². The van der Waals surface area contributed by atoms with Gasteiger partial charge in [-0.3, -0.25) is 9.69 Å². The van der Waals surface area contributed by atoms with Gasteiger partial charge in [-0.05, 0) is 60.2 Å². The monoisotopic (exact) mass is 395 g/mol. The molecule has 2 bridgehead atoms. The van der Waals surface area contributed by atoms with Crippen LogP contribution >= 0.6 is 0 Å². The Kier molecular flexibility index (Phi) is 4.77. The van der Waals surface area contributed by atoms with Crippen molar-refractivity contribution in [2.45, 2.75) is 32.4 Å². The van der Waals surface area contributed by atoms with Crippen molar-refractivity contribution >= 4 is 0 Å². The fourth-order valence-electron chi connectivity index (χ4n) is 5.25. The average molecular weight is 396 g/mol. The van der Waals surface area contributed by atoms with Gasteiger partial charge in [0.25, 0.3) is 5.56 Å². The molecule has 2 aliphatic rings. The lowest BCUT2D eigenvalue weighted by Crippen LogP contribution is -2.46. The number of hydrogen-bond donors (Lipinski definition) is 0. The second-order valence-electron chi connectivity index (χ2n) is 8.71. The van der Waals surface area contributed by atoms with Crippen LogP contribution in [0.2, 0.25) is 0 Å². The number of piperidine rings is 1. The maximum absolute atomic E-state index is 13.4. The van der Waals surface area contributed by atoms with Gasteiger partial charge in [0, 0.05) is 43.4 Å². The van der Waals surface area contributed by atoms with Crippen LogP contribution in [-0.4, -0.2) is 22.6 Å². The van der Waals surface area contributed by atoms with Crippen molar-refractivity contribution in [1.29, 1.82) is 5.26 Å². The van der Waals surface area contributed by atoms with Crippen molar-refractivity contribution in [2.24, 2.45) is 5.92 Å². The predicted octanol–water partition coefficient (Wildman–Crippen LogP) is 4.31. The van der Waals surface area contributed by atoms with Crippen LogP contribution in [0.25, 0.3) is 11.1 Å². The molecule has 0 aliphatic carbocycles.